The predicted molar refractivity (Wildman–Crippen MR) is 80.1 cm³/mol. The number of ether oxygens (including phenoxy) is 1. The third-order valence-electron chi connectivity index (χ3n) is 3.74. The zero-order valence-electron chi connectivity index (χ0n) is 11.6. The van der Waals surface area contributed by atoms with E-state index >= 15 is 0 Å². The van der Waals surface area contributed by atoms with Crippen LogP contribution in [-0.2, 0) is 0 Å². The quantitative estimate of drug-likeness (QED) is 0.835. The van der Waals surface area contributed by atoms with Crippen LogP contribution in [0, 0.1) is 0 Å². The first-order chi connectivity index (χ1) is 9.81. The Balaban J connectivity index is 2.00. The van der Waals surface area contributed by atoms with Crippen LogP contribution in [0.4, 0.5) is 0 Å². The Hall–Kier alpha value is -2.00. The Morgan fingerprint density at radius 1 is 1.15 bits per heavy atom. The van der Waals surface area contributed by atoms with E-state index in [4.69, 9.17) is 4.74 Å². The van der Waals surface area contributed by atoms with Gasteiger partial charge in [-0.1, -0.05) is 30.3 Å². The van der Waals surface area contributed by atoms with E-state index < -0.39 is 0 Å². The minimum Gasteiger partial charge on any atom is -0.507 e. The molecule has 104 valence electrons. The second kappa shape index (κ2) is 5.55. The summed E-state index contributed by atoms with van der Waals surface area (Å²) in [5, 5.41) is 13.3. The maximum absolute atomic E-state index is 10.1. The van der Waals surface area contributed by atoms with Crippen molar-refractivity contribution in [1.29, 1.82) is 0 Å². The molecule has 0 amide bonds. The highest BCUT2D eigenvalue weighted by molar-refractivity contribution is 5.80. The van der Waals surface area contributed by atoms with E-state index in [1.165, 1.54) is 0 Å². The molecule has 2 N–H and O–H groups in total. The highest BCUT2D eigenvalue weighted by Gasteiger charge is 2.27. The second-order valence-corrected chi connectivity index (χ2v) is 5.09. The summed E-state index contributed by atoms with van der Waals surface area (Å²) in [6.45, 7) is 0.981. The van der Waals surface area contributed by atoms with Gasteiger partial charge in [0.1, 0.15) is 17.6 Å². The minimum atomic E-state index is 0.0637. The molecule has 0 bridgehead atoms. The molecule has 0 aliphatic carbocycles. The van der Waals surface area contributed by atoms with Crippen molar-refractivity contribution in [2.75, 3.05) is 13.6 Å². The van der Waals surface area contributed by atoms with E-state index in [2.05, 4.69) is 17.4 Å². The first-order valence-electron chi connectivity index (χ1n) is 7.04. The molecule has 1 heterocycles. The van der Waals surface area contributed by atoms with Gasteiger partial charge in [-0.25, -0.2) is 0 Å². The van der Waals surface area contributed by atoms with E-state index in [1.54, 1.807) is 6.07 Å². The second-order valence-electron chi connectivity index (χ2n) is 5.09. The molecule has 20 heavy (non-hydrogen) atoms. The fourth-order valence-corrected chi connectivity index (χ4v) is 2.79. The molecule has 3 nitrogen and oxygen atoms in total. The molecule has 3 heteroatoms. The Morgan fingerprint density at radius 2 is 2.00 bits per heavy atom. The molecule has 1 aliphatic rings. The first-order valence-corrected chi connectivity index (χ1v) is 7.04. The normalized spacial score (nSPS) is 16.1. The summed E-state index contributed by atoms with van der Waals surface area (Å²) >= 11 is 0. The van der Waals surface area contributed by atoms with Crippen molar-refractivity contribution in [2.45, 2.75) is 18.9 Å². The maximum Gasteiger partial charge on any atom is 0.131 e. The van der Waals surface area contributed by atoms with Gasteiger partial charge in [0.05, 0.1) is 5.56 Å². The molecule has 2 aromatic carbocycles. The van der Waals surface area contributed by atoms with Crippen LogP contribution in [0.3, 0.4) is 0 Å². The Morgan fingerprint density at radius 3 is 2.85 bits per heavy atom. The van der Waals surface area contributed by atoms with Crippen LogP contribution in [0.5, 0.6) is 11.5 Å². The van der Waals surface area contributed by atoms with Crippen LogP contribution in [-0.4, -0.2) is 18.7 Å². The van der Waals surface area contributed by atoms with Gasteiger partial charge >= 0.3 is 0 Å². The summed E-state index contributed by atoms with van der Waals surface area (Å²) in [5.74, 6) is 1.06. The smallest absolute Gasteiger partial charge is 0.131 e. The van der Waals surface area contributed by atoms with Crippen LogP contribution >= 0.6 is 0 Å². The van der Waals surface area contributed by atoms with Gasteiger partial charge in [-0.05, 0) is 44.1 Å². The monoisotopic (exact) mass is 269 g/mol. The van der Waals surface area contributed by atoms with Crippen LogP contribution < -0.4 is 10.1 Å². The summed E-state index contributed by atoms with van der Waals surface area (Å²) in [6, 6.07) is 13.6. The largest absolute Gasteiger partial charge is 0.507 e. The van der Waals surface area contributed by atoms with Crippen molar-refractivity contribution >= 4 is 0 Å². The molecule has 1 aliphatic heterocycles. The van der Waals surface area contributed by atoms with Crippen molar-refractivity contribution in [1.82, 2.24) is 5.32 Å². The lowest BCUT2D eigenvalue weighted by Gasteiger charge is -2.29. The number of phenolic OH excluding ortho intramolecular Hbond substituents is 1. The van der Waals surface area contributed by atoms with Gasteiger partial charge in [-0.15, -0.1) is 0 Å². The number of fused-ring (bicyclic) bond motifs is 3. The van der Waals surface area contributed by atoms with Gasteiger partial charge in [0, 0.05) is 5.56 Å². The zero-order chi connectivity index (χ0) is 13.9. The number of hydrogen-bond donors (Lipinski definition) is 2. The summed E-state index contributed by atoms with van der Waals surface area (Å²) in [6.07, 6.45) is 2.09. The molecular formula is C17H19NO2. The molecular weight excluding hydrogens is 250 g/mol. The average molecular weight is 269 g/mol. The number of phenols is 1. The fourth-order valence-electron chi connectivity index (χ4n) is 2.79. The number of benzene rings is 2. The molecule has 0 aromatic heterocycles. The molecule has 2 aromatic rings. The SMILES string of the molecule is CNCCCC1Oc2cccc(O)c2-c2ccccc21. The van der Waals surface area contributed by atoms with E-state index in [-0.39, 0.29) is 11.9 Å². The molecule has 3 rings (SSSR count). The van der Waals surface area contributed by atoms with Gasteiger partial charge in [-0.2, -0.15) is 0 Å². The standard InChI is InChI=1S/C17H19NO2/c1-18-11-5-10-15-12-6-2-3-7-13(12)17-14(19)8-4-9-16(17)20-15/h2-4,6-9,15,18-19H,5,10-11H2,1H3. The van der Waals surface area contributed by atoms with Crippen molar-refractivity contribution in [3.05, 3.63) is 48.0 Å². The Labute approximate surface area is 119 Å². The lowest BCUT2D eigenvalue weighted by molar-refractivity contribution is 0.188. The van der Waals surface area contributed by atoms with Crippen LogP contribution in [0.15, 0.2) is 42.5 Å². The number of hydrogen-bond acceptors (Lipinski definition) is 3. The highest BCUT2D eigenvalue weighted by Crippen LogP contribution is 2.47. The van der Waals surface area contributed by atoms with Gasteiger partial charge < -0.3 is 15.2 Å². The van der Waals surface area contributed by atoms with E-state index in [9.17, 15) is 5.11 Å². The molecule has 0 fully saturated rings. The number of aromatic hydroxyl groups is 1. The molecule has 0 saturated heterocycles. The number of nitrogens with one attached hydrogen (secondary N) is 1. The van der Waals surface area contributed by atoms with Gasteiger partial charge in [0.15, 0.2) is 0 Å². The molecule has 0 radical (unpaired) electrons. The summed E-state index contributed by atoms with van der Waals surface area (Å²) in [4.78, 5) is 0. The van der Waals surface area contributed by atoms with Gasteiger partial charge in [0.2, 0.25) is 0 Å². The van der Waals surface area contributed by atoms with Crippen LogP contribution in [0.2, 0.25) is 0 Å². The summed E-state index contributed by atoms with van der Waals surface area (Å²) in [5.41, 5.74) is 3.06. The maximum atomic E-state index is 10.1. The van der Waals surface area contributed by atoms with Crippen molar-refractivity contribution in [2.24, 2.45) is 0 Å². The van der Waals surface area contributed by atoms with E-state index in [0.717, 1.165) is 41.8 Å². The predicted octanol–water partition coefficient (Wildman–Crippen LogP) is 3.49. The third kappa shape index (κ3) is 2.25. The molecule has 1 atom stereocenters. The van der Waals surface area contributed by atoms with E-state index in [1.807, 2.05) is 31.3 Å². The third-order valence-corrected chi connectivity index (χ3v) is 3.74. The molecule has 1 unspecified atom stereocenters. The fraction of sp³-hybridized carbons (Fsp3) is 0.294. The summed E-state index contributed by atoms with van der Waals surface area (Å²) in [7, 11) is 1.96. The molecule has 0 saturated carbocycles. The lowest BCUT2D eigenvalue weighted by Crippen LogP contribution is -2.16. The van der Waals surface area contributed by atoms with Crippen molar-refractivity contribution in [3.63, 3.8) is 0 Å². The topological polar surface area (TPSA) is 41.5 Å². The van der Waals surface area contributed by atoms with Crippen LogP contribution in [0.25, 0.3) is 11.1 Å². The highest BCUT2D eigenvalue weighted by atomic mass is 16.5. The molecule has 0 spiro atoms. The van der Waals surface area contributed by atoms with Crippen molar-refractivity contribution < 1.29 is 9.84 Å². The lowest BCUT2D eigenvalue weighted by atomic mass is 9.90. The zero-order valence-corrected chi connectivity index (χ0v) is 11.6. The van der Waals surface area contributed by atoms with E-state index in [0.29, 0.717) is 0 Å². The average Bonchev–Trinajstić information content (AvgIpc) is 2.47. The summed E-state index contributed by atoms with van der Waals surface area (Å²) < 4.78 is 6.10. The van der Waals surface area contributed by atoms with Gasteiger partial charge in [-0.3, -0.25) is 0 Å². The minimum absolute atomic E-state index is 0.0637. The van der Waals surface area contributed by atoms with Gasteiger partial charge in [0.25, 0.3) is 0 Å². The Bertz CT molecular complexity index is 610. The first kappa shape index (κ1) is 13.0. The number of rotatable bonds is 4. The Kier molecular flexibility index (Phi) is 3.61. The van der Waals surface area contributed by atoms with Crippen LogP contribution in [0.1, 0.15) is 24.5 Å². The van der Waals surface area contributed by atoms with Crippen molar-refractivity contribution in [3.8, 4) is 22.6 Å².